The van der Waals surface area contributed by atoms with Gasteiger partial charge in [0.2, 0.25) is 0 Å². The van der Waals surface area contributed by atoms with Crippen molar-refractivity contribution < 1.29 is 9.59 Å². The van der Waals surface area contributed by atoms with Gasteiger partial charge in [0.1, 0.15) is 11.6 Å². The fourth-order valence-electron chi connectivity index (χ4n) is 3.69. The normalized spacial score (nSPS) is 22.3. The lowest BCUT2D eigenvalue weighted by Gasteiger charge is -2.25. The number of likely N-dealkylation sites (N-methyl/N-ethyl adjacent to an activating group) is 2. The highest BCUT2D eigenvalue weighted by Crippen LogP contribution is 2.46. The van der Waals surface area contributed by atoms with Crippen LogP contribution in [0.5, 0.6) is 0 Å². The zero-order chi connectivity index (χ0) is 19.2. The fraction of sp³-hybridized carbons (Fsp3) is 0.286. The van der Waals surface area contributed by atoms with Gasteiger partial charge >= 0.3 is 0 Å². The number of anilines is 1. The smallest absolute Gasteiger partial charge is 0.271 e. The van der Waals surface area contributed by atoms with Crippen molar-refractivity contribution in [1.29, 1.82) is 5.26 Å². The molecule has 5 heteroatoms. The molecule has 0 aliphatic carbocycles. The highest BCUT2D eigenvalue weighted by atomic mass is 16.2. The summed E-state index contributed by atoms with van der Waals surface area (Å²) < 4.78 is 0. The zero-order valence-electron chi connectivity index (χ0n) is 15.6. The van der Waals surface area contributed by atoms with Crippen LogP contribution in [-0.2, 0) is 15.0 Å². The number of carbonyl (C=O) groups is 2. The molecule has 0 saturated heterocycles. The number of nitriles is 1. The summed E-state index contributed by atoms with van der Waals surface area (Å²) in [7, 11) is 3.40. The molecule has 0 atom stereocenters. The Hall–Kier alpha value is -3.13. The van der Waals surface area contributed by atoms with E-state index in [1.54, 1.807) is 13.0 Å². The minimum Gasteiger partial charge on any atom is -0.347 e. The summed E-state index contributed by atoms with van der Waals surface area (Å²) in [6, 6.07) is 10.1. The number of hydrogen-bond donors (Lipinski definition) is 0. The van der Waals surface area contributed by atoms with Gasteiger partial charge in [0.25, 0.3) is 11.8 Å². The van der Waals surface area contributed by atoms with Crippen molar-refractivity contribution in [3.63, 3.8) is 0 Å². The number of fused-ring (bicyclic) bond motifs is 1. The molecule has 0 aromatic heterocycles. The van der Waals surface area contributed by atoms with Gasteiger partial charge in [-0.15, -0.1) is 0 Å². The molecule has 0 unspecified atom stereocenters. The lowest BCUT2D eigenvalue weighted by molar-refractivity contribution is -0.138. The average molecular weight is 347 g/mol. The van der Waals surface area contributed by atoms with Crippen LogP contribution in [0, 0.1) is 11.3 Å². The summed E-state index contributed by atoms with van der Waals surface area (Å²) >= 11 is 0. The van der Waals surface area contributed by atoms with Crippen LogP contribution in [0.1, 0.15) is 26.3 Å². The van der Waals surface area contributed by atoms with E-state index >= 15 is 0 Å². The Balaban J connectivity index is 2.12. The number of imide groups is 1. The summed E-state index contributed by atoms with van der Waals surface area (Å²) in [5.41, 5.74) is 4.00. The topological polar surface area (TPSA) is 64.4 Å². The van der Waals surface area contributed by atoms with Crippen molar-refractivity contribution in [2.45, 2.75) is 26.2 Å². The molecule has 0 saturated carbocycles. The second-order valence-corrected chi connectivity index (χ2v) is 7.11. The van der Waals surface area contributed by atoms with Gasteiger partial charge in [-0.05, 0) is 36.3 Å². The third-order valence-corrected chi connectivity index (χ3v) is 5.29. The lowest BCUT2D eigenvalue weighted by atomic mass is 9.83. The molecule has 2 aliphatic heterocycles. The molecule has 0 fully saturated rings. The molecule has 5 nitrogen and oxygen atoms in total. The first kappa shape index (κ1) is 17.7. The predicted octanol–water partition coefficient (Wildman–Crippen LogP) is 3.06. The van der Waals surface area contributed by atoms with E-state index in [1.807, 2.05) is 31.3 Å². The van der Waals surface area contributed by atoms with Crippen LogP contribution >= 0.6 is 0 Å². The fourth-order valence-corrected chi connectivity index (χ4v) is 3.69. The first-order chi connectivity index (χ1) is 12.2. The van der Waals surface area contributed by atoms with Gasteiger partial charge in [0, 0.05) is 36.5 Å². The third-order valence-electron chi connectivity index (χ3n) is 5.29. The largest absolute Gasteiger partial charge is 0.347 e. The summed E-state index contributed by atoms with van der Waals surface area (Å²) in [4.78, 5) is 27.7. The van der Waals surface area contributed by atoms with E-state index < -0.39 is 5.91 Å². The molecule has 2 heterocycles. The second kappa shape index (κ2) is 5.99. The number of allylic oxidation sites excluding steroid dienone is 3. The molecule has 1 aromatic carbocycles. The Morgan fingerprint density at radius 1 is 1.04 bits per heavy atom. The van der Waals surface area contributed by atoms with E-state index in [2.05, 4.69) is 30.9 Å². The molecule has 2 amide bonds. The third kappa shape index (κ3) is 2.38. The maximum absolute atomic E-state index is 12.5. The number of carbonyl (C=O) groups excluding carboxylic acids is 2. The van der Waals surface area contributed by atoms with Crippen LogP contribution in [0.2, 0.25) is 0 Å². The molecule has 132 valence electrons. The number of para-hydroxylation sites is 1. The standard InChI is InChI=1S/C21H21N3O2/c1-13-14(19(25)24(5)20(26)15(13)12-22)10-11-18-21(2,3)16-8-6-7-9-17(16)23(18)4/h6-11H,1-5H3/b14-10-,18-11+. The van der Waals surface area contributed by atoms with Crippen LogP contribution in [0.25, 0.3) is 0 Å². The minimum absolute atomic E-state index is 0.0130. The van der Waals surface area contributed by atoms with Gasteiger partial charge in [0.05, 0.1) is 0 Å². The van der Waals surface area contributed by atoms with Crippen molar-refractivity contribution in [3.05, 3.63) is 64.4 Å². The van der Waals surface area contributed by atoms with Gasteiger partial charge in [0.15, 0.2) is 0 Å². The van der Waals surface area contributed by atoms with Crippen LogP contribution in [0.3, 0.4) is 0 Å². The second-order valence-electron chi connectivity index (χ2n) is 7.11. The quantitative estimate of drug-likeness (QED) is 0.578. The Morgan fingerprint density at radius 2 is 1.69 bits per heavy atom. The van der Waals surface area contributed by atoms with Crippen LogP contribution in [0.15, 0.2) is 58.8 Å². The highest BCUT2D eigenvalue weighted by molar-refractivity contribution is 6.17. The average Bonchev–Trinajstić information content (AvgIpc) is 2.81. The molecule has 0 N–H and O–H groups in total. The maximum atomic E-state index is 12.5. The van der Waals surface area contributed by atoms with E-state index in [-0.39, 0.29) is 16.9 Å². The van der Waals surface area contributed by atoms with Gasteiger partial charge in [-0.3, -0.25) is 14.5 Å². The Bertz CT molecular complexity index is 958. The molecule has 0 radical (unpaired) electrons. The number of nitrogens with zero attached hydrogens (tertiary/aromatic N) is 3. The SMILES string of the molecule is CC1=C(C#N)C(=O)N(C)C(=O)/C1=C\C=C1\N(C)c2ccccc2C1(C)C. The summed E-state index contributed by atoms with van der Waals surface area (Å²) in [6.45, 7) is 5.92. The Morgan fingerprint density at radius 3 is 2.31 bits per heavy atom. The molecule has 1 aromatic rings. The van der Waals surface area contributed by atoms with Crippen molar-refractivity contribution >= 4 is 17.5 Å². The molecule has 3 rings (SSSR count). The van der Waals surface area contributed by atoms with Gasteiger partial charge in [-0.2, -0.15) is 5.26 Å². The van der Waals surface area contributed by atoms with Crippen LogP contribution in [-0.4, -0.2) is 30.8 Å². The van der Waals surface area contributed by atoms with Gasteiger partial charge in [-0.25, -0.2) is 0 Å². The van der Waals surface area contributed by atoms with Crippen molar-refractivity contribution in [3.8, 4) is 6.07 Å². The number of rotatable bonds is 1. The van der Waals surface area contributed by atoms with Crippen LogP contribution < -0.4 is 4.90 Å². The van der Waals surface area contributed by atoms with Crippen molar-refractivity contribution in [2.75, 3.05) is 19.0 Å². The molecule has 2 aliphatic rings. The van der Waals surface area contributed by atoms with Gasteiger partial charge in [-0.1, -0.05) is 32.0 Å². The molecule has 26 heavy (non-hydrogen) atoms. The van der Waals surface area contributed by atoms with E-state index in [0.29, 0.717) is 11.1 Å². The van der Waals surface area contributed by atoms with E-state index in [9.17, 15) is 14.9 Å². The Kier molecular flexibility index (Phi) is 4.08. The number of benzene rings is 1. The first-order valence-electron chi connectivity index (χ1n) is 8.41. The zero-order valence-corrected chi connectivity index (χ0v) is 15.6. The first-order valence-corrected chi connectivity index (χ1v) is 8.41. The summed E-state index contributed by atoms with van der Waals surface area (Å²) in [6.07, 6.45) is 3.63. The molecular formula is C21H21N3O2. The van der Waals surface area contributed by atoms with Crippen LogP contribution in [0.4, 0.5) is 5.69 Å². The number of hydrogen-bond acceptors (Lipinski definition) is 4. The molecular weight excluding hydrogens is 326 g/mol. The predicted molar refractivity (Wildman–Crippen MR) is 100 cm³/mol. The monoisotopic (exact) mass is 347 g/mol. The van der Waals surface area contributed by atoms with E-state index in [0.717, 1.165) is 16.3 Å². The minimum atomic E-state index is -0.550. The van der Waals surface area contributed by atoms with Gasteiger partial charge < -0.3 is 4.90 Å². The summed E-state index contributed by atoms with van der Waals surface area (Å²) in [5.74, 6) is -0.940. The lowest BCUT2D eigenvalue weighted by Crippen LogP contribution is -2.39. The highest BCUT2D eigenvalue weighted by Gasteiger charge is 2.38. The van der Waals surface area contributed by atoms with Crippen molar-refractivity contribution in [2.24, 2.45) is 0 Å². The molecule has 0 spiro atoms. The van der Waals surface area contributed by atoms with Crippen molar-refractivity contribution in [1.82, 2.24) is 4.90 Å². The van der Waals surface area contributed by atoms with E-state index in [1.165, 1.54) is 12.6 Å². The summed E-state index contributed by atoms with van der Waals surface area (Å²) in [5, 5.41) is 9.26. The maximum Gasteiger partial charge on any atom is 0.271 e. The number of amides is 2. The van der Waals surface area contributed by atoms with E-state index in [4.69, 9.17) is 0 Å². The molecule has 0 bridgehead atoms. The Labute approximate surface area is 153 Å².